The first-order chi connectivity index (χ1) is 11.2. The molecule has 1 amide bonds. The number of hydrogen-bond acceptors (Lipinski definition) is 3. The zero-order valence-electron chi connectivity index (χ0n) is 13.5. The fourth-order valence-electron chi connectivity index (χ4n) is 3.59. The normalized spacial score (nSPS) is 21.3. The lowest BCUT2D eigenvalue weighted by atomic mass is 10.0. The molecule has 0 unspecified atom stereocenters. The second-order valence-electron chi connectivity index (χ2n) is 6.45. The highest BCUT2D eigenvalue weighted by atomic mass is 19.1. The third-order valence-electron chi connectivity index (χ3n) is 4.92. The van der Waals surface area contributed by atoms with E-state index in [2.05, 4.69) is 10.2 Å². The molecule has 1 atom stereocenters. The fraction of sp³-hybridized carbons (Fsp3) is 0.611. The molecule has 1 saturated carbocycles. The predicted octanol–water partition coefficient (Wildman–Crippen LogP) is 2.51. The van der Waals surface area contributed by atoms with Crippen LogP contribution in [0, 0.1) is 11.7 Å². The van der Waals surface area contributed by atoms with Crippen molar-refractivity contribution in [2.45, 2.75) is 31.7 Å². The van der Waals surface area contributed by atoms with Gasteiger partial charge in [-0.1, -0.05) is 25.0 Å². The van der Waals surface area contributed by atoms with E-state index in [1.54, 1.807) is 12.1 Å². The summed E-state index contributed by atoms with van der Waals surface area (Å²) in [6.07, 6.45) is 4.28. The largest absolute Gasteiger partial charge is 0.379 e. The van der Waals surface area contributed by atoms with E-state index in [-0.39, 0.29) is 23.7 Å². The number of nitrogens with zero attached hydrogens (tertiary/aromatic N) is 1. The van der Waals surface area contributed by atoms with Crippen LogP contribution in [-0.2, 0) is 9.53 Å². The molecule has 0 radical (unpaired) electrons. The van der Waals surface area contributed by atoms with Gasteiger partial charge in [-0.3, -0.25) is 9.69 Å². The number of ether oxygens (including phenoxy) is 1. The van der Waals surface area contributed by atoms with E-state index in [9.17, 15) is 9.18 Å². The second-order valence-corrected chi connectivity index (χ2v) is 6.45. The maximum atomic E-state index is 13.6. The third kappa shape index (κ3) is 4.30. The van der Waals surface area contributed by atoms with Gasteiger partial charge in [0.1, 0.15) is 5.82 Å². The molecule has 0 spiro atoms. The Hall–Kier alpha value is -1.46. The predicted molar refractivity (Wildman–Crippen MR) is 86.5 cm³/mol. The summed E-state index contributed by atoms with van der Waals surface area (Å²) in [5, 5.41) is 3.10. The lowest BCUT2D eigenvalue weighted by Crippen LogP contribution is -2.44. The van der Waals surface area contributed by atoms with Gasteiger partial charge >= 0.3 is 0 Å². The maximum Gasteiger partial charge on any atom is 0.223 e. The topological polar surface area (TPSA) is 41.6 Å². The van der Waals surface area contributed by atoms with Gasteiger partial charge < -0.3 is 10.1 Å². The van der Waals surface area contributed by atoms with Crippen molar-refractivity contribution in [1.82, 2.24) is 10.2 Å². The molecule has 3 rings (SSSR count). The molecular weight excluding hydrogens is 295 g/mol. The standard InChI is InChI=1S/C18H25FN2O2/c19-16-7-3-6-15(12-16)17(21-8-10-23-11-9-21)13-20-18(22)14-4-1-2-5-14/h3,6-7,12,14,17H,1-2,4-5,8-11,13H2,(H,20,22)/t17-/m0/s1. The average molecular weight is 320 g/mol. The molecule has 1 heterocycles. The summed E-state index contributed by atoms with van der Waals surface area (Å²) in [4.78, 5) is 14.6. The molecule has 1 saturated heterocycles. The number of hydrogen-bond donors (Lipinski definition) is 1. The van der Waals surface area contributed by atoms with Crippen LogP contribution in [-0.4, -0.2) is 43.7 Å². The van der Waals surface area contributed by atoms with Crippen molar-refractivity contribution in [3.8, 4) is 0 Å². The molecule has 2 fully saturated rings. The fourth-order valence-corrected chi connectivity index (χ4v) is 3.59. The molecule has 126 valence electrons. The first kappa shape index (κ1) is 16.4. The first-order valence-electron chi connectivity index (χ1n) is 8.59. The number of carbonyl (C=O) groups excluding carboxylic acids is 1. The Morgan fingerprint density at radius 1 is 1.30 bits per heavy atom. The Balaban J connectivity index is 1.68. The van der Waals surface area contributed by atoms with Crippen LogP contribution in [0.4, 0.5) is 4.39 Å². The number of rotatable bonds is 5. The van der Waals surface area contributed by atoms with Crippen molar-refractivity contribution in [3.63, 3.8) is 0 Å². The Bertz CT molecular complexity index is 526. The molecule has 4 nitrogen and oxygen atoms in total. The zero-order chi connectivity index (χ0) is 16.1. The summed E-state index contributed by atoms with van der Waals surface area (Å²) < 4.78 is 19.0. The molecule has 23 heavy (non-hydrogen) atoms. The molecule has 1 aliphatic carbocycles. The summed E-state index contributed by atoms with van der Waals surface area (Å²) in [6.45, 7) is 3.50. The highest BCUT2D eigenvalue weighted by Crippen LogP contribution is 2.26. The first-order valence-corrected chi connectivity index (χ1v) is 8.59. The smallest absolute Gasteiger partial charge is 0.223 e. The zero-order valence-corrected chi connectivity index (χ0v) is 13.5. The molecule has 0 bridgehead atoms. The Morgan fingerprint density at radius 2 is 2.04 bits per heavy atom. The molecule has 0 aromatic heterocycles. The van der Waals surface area contributed by atoms with Crippen LogP contribution in [0.1, 0.15) is 37.3 Å². The van der Waals surface area contributed by atoms with Gasteiger partial charge in [-0.2, -0.15) is 0 Å². The van der Waals surface area contributed by atoms with Gasteiger partial charge in [0, 0.05) is 25.6 Å². The van der Waals surface area contributed by atoms with Gasteiger partial charge in [-0.15, -0.1) is 0 Å². The lowest BCUT2D eigenvalue weighted by Gasteiger charge is -2.35. The van der Waals surface area contributed by atoms with Crippen LogP contribution in [0.25, 0.3) is 0 Å². The summed E-state index contributed by atoms with van der Waals surface area (Å²) in [5.74, 6) is 0.0768. The van der Waals surface area contributed by atoms with E-state index in [1.165, 1.54) is 6.07 Å². The highest BCUT2D eigenvalue weighted by molar-refractivity contribution is 5.78. The number of carbonyl (C=O) groups is 1. The summed E-state index contributed by atoms with van der Waals surface area (Å²) in [7, 11) is 0. The number of morpholine rings is 1. The van der Waals surface area contributed by atoms with Crippen molar-refractivity contribution in [2.75, 3.05) is 32.8 Å². The van der Waals surface area contributed by atoms with E-state index in [0.29, 0.717) is 19.8 Å². The summed E-state index contributed by atoms with van der Waals surface area (Å²) >= 11 is 0. The van der Waals surface area contributed by atoms with Crippen molar-refractivity contribution >= 4 is 5.91 Å². The molecule has 2 aliphatic rings. The molecule has 1 aromatic rings. The van der Waals surface area contributed by atoms with E-state index >= 15 is 0 Å². The molecule has 1 aliphatic heterocycles. The van der Waals surface area contributed by atoms with Crippen LogP contribution in [0.15, 0.2) is 24.3 Å². The number of amides is 1. The molecule has 5 heteroatoms. The van der Waals surface area contributed by atoms with Gasteiger partial charge in [0.05, 0.1) is 19.3 Å². The molecule has 1 aromatic carbocycles. The summed E-state index contributed by atoms with van der Waals surface area (Å²) in [5.41, 5.74) is 0.915. The minimum absolute atomic E-state index is 0.0000435. The van der Waals surface area contributed by atoms with Gasteiger partial charge in [-0.25, -0.2) is 4.39 Å². The van der Waals surface area contributed by atoms with Crippen molar-refractivity contribution in [1.29, 1.82) is 0 Å². The van der Waals surface area contributed by atoms with E-state index in [1.807, 2.05) is 6.07 Å². The monoisotopic (exact) mass is 320 g/mol. The van der Waals surface area contributed by atoms with Crippen molar-refractivity contribution < 1.29 is 13.9 Å². The minimum Gasteiger partial charge on any atom is -0.379 e. The SMILES string of the molecule is O=C(NC[C@@H](c1cccc(F)c1)N1CCOCC1)C1CCCC1. The van der Waals surface area contributed by atoms with Crippen LogP contribution >= 0.6 is 0 Å². The highest BCUT2D eigenvalue weighted by Gasteiger charge is 2.26. The van der Waals surface area contributed by atoms with Crippen LogP contribution in [0.5, 0.6) is 0 Å². The summed E-state index contributed by atoms with van der Waals surface area (Å²) in [6, 6.07) is 6.70. The van der Waals surface area contributed by atoms with Crippen molar-refractivity contribution in [3.05, 3.63) is 35.6 Å². The number of benzene rings is 1. The lowest BCUT2D eigenvalue weighted by molar-refractivity contribution is -0.125. The van der Waals surface area contributed by atoms with E-state index in [0.717, 1.165) is 44.3 Å². The number of halogens is 1. The van der Waals surface area contributed by atoms with Gasteiger partial charge in [-0.05, 0) is 30.5 Å². The van der Waals surface area contributed by atoms with E-state index in [4.69, 9.17) is 4.74 Å². The van der Waals surface area contributed by atoms with Crippen LogP contribution < -0.4 is 5.32 Å². The van der Waals surface area contributed by atoms with Gasteiger partial charge in [0.15, 0.2) is 0 Å². The maximum absolute atomic E-state index is 13.6. The number of nitrogens with one attached hydrogen (secondary N) is 1. The average Bonchev–Trinajstić information content (AvgIpc) is 3.10. The van der Waals surface area contributed by atoms with Gasteiger partial charge in [0.2, 0.25) is 5.91 Å². The quantitative estimate of drug-likeness (QED) is 0.906. The Kier molecular flexibility index (Phi) is 5.62. The van der Waals surface area contributed by atoms with Gasteiger partial charge in [0.25, 0.3) is 0 Å². The van der Waals surface area contributed by atoms with Crippen LogP contribution in [0.3, 0.4) is 0 Å². The van der Waals surface area contributed by atoms with Crippen LogP contribution in [0.2, 0.25) is 0 Å². The molecular formula is C18H25FN2O2. The second kappa shape index (κ2) is 7.88. The minimum atomic E-state index is -0.233. The van der Waals surface area contributed by atoms with Crippen molar-refractivity contribution in [2.24, 2.45) is 5.92 Å². The Morgan fingerprint density at radius 3 is 2.74 bits per heavy atom. The van der Waals surface area contributed by atoms with E-state index < -0.39 is 0 Å². The molecule has 1 N–H and O–H groups in total. The Labute approximate surface area is 137 Å². The third-order valence-corrected chi connectivity index (χ3v) is 4.92.